The number of hydrogen-bond acceptors (Lipinski definition) is 4. The number of amides is 1. The number of ether oxygens (including phenoxy) is 2. The molecule has 1 aliphatic carbocycles. The Bertz CT molecular complexity index is 516. The summed E-state index contributed by atoms with van der Waals surface area (Å²) < 4.78 is 10.5. The van der Waals surface area contributed by atoms with Gasteiger partial charge in [-0.2, -0.15) is 0 Å². The van der Waals surface area contributed by atoms with Crippen LogP contribution in [0.3, 0.4) is 0 Å². The minimum atomic E-state index is -0.0112. The van der Waals surface area contributed by atoms with Crippen LogP contribution in [-0.4, -0.2) is 32.7 Å². The summed E-state index contributed by atoms with van der Waals surface area (Å²) in [6.45, 7) is 0.192. The van der Waals surface area contributed by atoms with E-state index in [1.807, 2.05) is 0 Å². The van der Waals surface area contributed by atoms with Crippen molar-refractivity contribution in [2.75, 3.05) is 26.1 Å². The van der Waals surface area contributed by atoms with E-state index in [2.05, 4.69) is 10.6 Å². The lowest BCUT2D eigenvalue weighted by molar-refractivity contribution is -0.120. The zero-order chi connectivity index (χ0) is 15.9. The predicted octanol–water partition coefficient (Wildman–Crippen LogP) is 3.22. The van der Waals surface area contributed by atoms with Crippen molar-refractivity contribution in [1.29, 1.82) is 0 Å². The second-order valence-electron chi connectivity index (χ2n) is 5.44. The quantitative estimate of drug-likeness (QED) is 0.842. The molecule has 0 radical (unpaired) electrons. The highest BCUT2D eigenvalue weighted by atomic mass is 35.5. The lowest BCUT2D eigenvalue weighted by Gasteiger charge is -2.23. The van der Waals surface area contributed by atoms with E-state index in [0.29, 0.717) is 28.3 Å². The van der Waals surface area contributed by atoms with E-state index in [0.717, 1.165) is 12.8 Å². The van der Waals surface area contributed by atoms with Gasteiger partial charge in [-0.25, -0.2) is 0 Å². The van der Waals surface area contributed by atoms with Gasteiger partial charge in [-0.05, 0) is 12.8 Å². The molecule has 0 aliphatic heterocycles. The predicted molar refractivity (Wildman–Crippen MR) is 88.1 cm³/mol. The van der Waals surface area contributed by atoms with Crippen LogP contribution in [0.1, 0.15) is 32.1 Å². The smallest absolute Gasteiger partial charge is 0.239 e. The van der Waals surface area contributed by atoms with Crippen molar-refractivity contribution < 1.29 is 14.3 Å². The molecule has 0 heterocycles. The normalized spacial score (nSPS) is 15.2. The highest BCUT2D eigenvalue weighted by Gasteiger charge is 2.16. The van der Waals surface area contributed by atoms with E-state index >= 15 is 0 Å². The van der Waals surface area contributed by atoms with Gasteiger partial charge in [0.1, 0.15) is 11.5 Å². The van der Waals surface area contributed by atoms with Crippen LogP contribution in [-0.2, 0) is 4.79 Å². The van der Waals surface area contributed by atoms with Crippen molar-refractivity contribution in [3.63, 3.8) is 0 Å². The van der Waals surface area contributed by atoms with E-state index in [1.54, 1.807) is 26.4 Å². The third-order valence-corrected chi connectivity index (χ3v) is 4.18. The summed E-state index contributed by atoms with van der Waals surface area (Å²) in [5, 5.41) is 6.62. The van der Waals surface area contributed by atoms with Crippen LogP contribution in [0.2, 0.25) is 5.02 Å². The molecule has 0 unspecified atom stereocenters. The van der Waals surface area contributed by atoms with Crippen LogP contribution in [0.15, 0.2) is 12.1 Å². The van der Waals surface area contributed by atoms with Crippen molar-refractivity contribution in [1.82, 2.24) is 5.32 Å². The molecule has 0 spiro atoms. The van der Waals surface area contributed by atoms with E-state index in [-0.39, 0.29) is 12.5 Å². The fourth-order valence-electron chi connectivity index (χ4n) is 2.70. The molecule has 0 atom stereocenters. The first-order chi connectivity index (χ1) is 10.6. The van der Waals surface area contributed by atoms with Crippen LogP contribution >= 0.6 is 11.6 Å². The molecular weight excluding hydrogens is 304 g/mol. The van der Waals surface area contributed by atoms with Crippen LogP contribution < -0.4 is 20.1 Å². The molecule has 6 heteroatoms. The summed E-state index contributed by atoms with van der Waals surface area (Å²) in [7, 11) is 3.11. The number of hydrogen-bond donors (Lipinski definition) is 2. The number of carbonyl (C=O) groups excluding carboxylic acids is 1. The molecule has 22 heavy (non-hydrogen) atoms. The van der Waals surface area contributed by atoms with Gasteiger partial charge in [0.2, 0.25) is 5.91 Å². The topological polar surface area (TPSA) is 59.6 Å². The van der Waals surface area contributed by atoms with Gasteiger partial charge < -0.3 is 20.1 Å². The Morgan fingerprint density at radius 3 is 2.50 bits per heavy atom. The average Bonchev–Trinajstić information content (AvgIpc) is 2.54. The molecule has 5 nitrogen and oxygen atoms in total. The molecule has 1 amide bonds. The van der Waals surface area contributed by atoms with Crippen molar-refractivity contribution in [3.8, 4) is 11.5 Å². The van der Waals surface area contributed by atoms with Crippen LogP contribution in [0.5, 0.6) is 11.5 Å². The Morgan fingerprint density at radius 2 is 1.86 bits per heavy atom. The fourth-order valence-corrected chi connectivity index (χ4v) is 2.93. The third kappa shape index (κ3) is 4.44. The third-order valence-electron chi connectivity index (χ3n) is 3.88. The van der Waals surface area contributed by atoms with E-state index < -0.39 is 0 Å². The Morgan fingerprint density at radius 1 is 1.18 bits per heavy atom. The van der Waals surface area contributed by atoms with E-state index in [9.17, 15) is 4.79 Å². The van der Waals surface area contributed by atoms with Crippen molar-refractivity contribution in [2.24, 2.45) is 0 Å². The van der Waals surface area contributed by atoms with Gasteiger partial charge in [0.25, 0.3) is 0 Å². The number of nitrogens with one attached hydrogen (secondary N) is 2. The number of methoxy groups -OCH3 is 2. The summed E-state index contributed by atoms with van der Waals surface area (Å²) in [6, 6.07) is 3.71. The molecule has 1 aromatic rings. The van der Waals surface area contributed by atoms with Crippen molar-refractivity contribution in [3.05, 3.63) is 17.2 Å². The lowest BCUT2D eigenvalue weighted by Crippen LogP contribution is -2.39. The second kappa shape index (κ2) is 8.13. The zero-order valence-electron chi connectivity index (χ0n) is 13.1. The molecule has 0 saturated heterocycles. The Labute approximate surface area is 136 Å². The van der Waals surface area contributed by atoms with Gasteiger partial charge in [-0.1, -0.05) is 30.9 Å². The van der Waals surface area contributed by atoms with Gasteiger partial charge in [0.05, 0.1) is 31.5 Å². The Hall–Kier alpha value is -1.62. The second-order valence-corrected chi connectivity index (χ2v) is 5.85. The van der Waals surface area contributed by atoms with E-state index in [1.165, 1.54) is 19.3 Å². The van der Waals surface area contributed by atoms with Crippen LogP contribution in [0.4, 0.5) is 5.69 Å². The molecule has 2 N–H and O–H groups in total. The standard InChI is InChI=1S/C16H23ClN2O3/c1-21-14-9-13(15(22-2)8-12(14)17)18-10-16(20)19-11-6-4-3-5-7-11/h8-9,11,18H,3-7,10H2,1-2H3,(H,19,20). The van der Waals surface area contributed by atoms with Crippen LogP contribution in [0.25, 0.3) is 0 Å². The lowest BCUT2D eigenvalue weighted by atomic mass is 9.95. The SMILES string of the molecule is COc1cc(NCC(=O)NC2CCCCC2)c(OC)cc1Cl. The van der Waals surface area contributed by atoms with E-state index in [4.69, 9.17) is 21.1 Å². The molecule has 2 rings (SSSR count). The van der Waals surface area contributed by atoms with Crippen molar-refractivity contribution >= 4 is 23.2 Å². The summed E-state index contributed by atoms with van der Waals surface area (Å²) >= 11 is 6.06. The van der Waals surface area contributed by atoms with Gasteiger partial charge in [0, 0.05) is 18.2 Å². The number of benzene rings is 1. The first kappa shape index (κ1) is 16.7. The summed E-state index contributed by atoms with van der Waals surface area (Å²) in [6.07, 6.45) is 5.81. The zero-order valence-corrected chi connectivity index (χ0v) is 13.8. The molecule has 0 bridgehead atoms. The maximum atomic E-state index is 12.0. The van der Waals surface area contributed by atoms with Crippen LogP contribution in [0, 0.1) is 0 Å². The maximum absolute atomic E-state index is 12.0. The molecule has 122 valence electrons. The number of carbonyl (C=O) groups is 1. The van der Waals surface area contributed by atoms with Gasteiger partial charge in [0.15, 0.2) is 0 Å². The van der Waals surface area contributed by atoms with Gasteiger partial charge in [-0.3, -0.25) is 4.79 Å². The number of halogens is 1. The van der Waals surface area contributed by atoms with Gasteiger partial charge >= 0.3 is 0 Å². The highest BCUT2D eigenvalue weighted by Crippen LogP contribution is 2.35. The summed E-state index contributed by atoms with van der Waals surface area (Å²) in [5.41, 5.74) is 0.683. The summed E-state index contributed by atoms with van der Waals surface area (Å²) in [4.78, 5) is 12.0. The highest BCUT2D eigenvalue weighted by molar-refractivity contribution is 6.32. The Kier molecular flexibility index (Phi) is 6.19. The molecule has 0 aromatic heterocycles. The number of rotatable bonds is 6. The first-order valence-electron chi connectivity index (χ1n) is 7.58. The molecule has 1 fully saturated rings. The minimum Gasteiger partial charge on any atom is -0.495 e. The minimum absolute atomic E-state index is 0.0112. The van der Waals surface area contributed by atoms with Gasteiger partial charge in [-0.15, -0.1) is 0 Å². The monoisotopic (exact) mass is 326 g/mol. The molecule has 1 aliphatic rings. The molecule has 1 saturated carbocycles. The fraction of sp³-hybridized carbons (Fsp3) is 0.562. The number of anilines is 1. The maximum Gasteiger partial charge on any atom is 0.239 e. The summed E-state index contributed by atoms with van der Waals surface area (Å²) in [5.74, 6) is 1.11. The molecule has 1 aromatic carbocycles. The van der Waals surface area contributed by atoms with Crippen molar-refractivity contribution in [2.45, 2.75) is 38.1 Å². The Balaban J connectivity index is 1.93. The largest absolute Gasteiger partial charge is 0.495 e. The molecular formula is C16H23ClN2O3. The first-order valence-corrected chi connectivity index (χ1v) is 7.96. The average molecular weight is 327 g/mol.